The minimum Gasteiger partial charge on any atom is -0.462 e. The van der Waals surface area contributed by atoms with Crippen LogP contribution >= 0.6 is 0 Å². The summed E-state index contributed by atoms with van der Waals surface area (Å²) in [6, 6.07) is 17.1. The summed E-state index contributed by atoms with van der Waals surface area (Å²) >= 11 is 0. The van der Waals surface area contributed by atoms with Gasteiger partial charge in [0.15, 0.2) is 0 Å². The van der Waals surface area contributed by atoms with Crippen molar-refractivity contribution in [1.82, 2.24) is 14.8 Å². The first-order valence-electron chi connectivity index (χ1n) is 10.5. The van der Waals surface area contributed by atoms with Gasteiger partial charge in [-0.1, -0.05) is 24.3 Å². The van der Waals surface area contributed by atoms with Crippen LogP contribution in [0.2, 0.25) is 0 Å². The van der Waals surface area contributed by atoms with E-state index in [0.29, 0.717) is 5.69 Å². The third-order valence-corrected chi connectivity index (χ3v) is 5.14. The van der Waals surface area contributed by atoms with Crippen LogP contribution in [0.15, 0.2) is 78.2 Å². The fourth-order valence-electron chi connectivity index (χ4n) is 3.40. The van der Waals surface area contributed by atoms with Gasteiger partial charge in [0.25, 0.3) is 0 Å². The number of halogens is 1. The third-order valence-electron chi connectivity index (χ3n) is 5.14. The van der Waals surface area contributed by atoms with Gasteiger partial charge in [-0.3, -0.25) is 9.30 Å². The maximum Gasteiger partial charge on any atom is 0.351 e. The lowest BCUT2D eigenvalue weighted by Crippen LogP contribution is -2.34. The number of imidazole rings is 1. The first-order valence-corrected chi connectivity index (χ1v) is 10.5. The molecule has 1 N–H and O–H groups in total. The fraction of sp³-hybridized carbons (Fsp3) is 0.120. The van der Waals surface area contributed by atoms with Crippen molar-refractivity contribution >= 4 is 29.5 Å². The zero-order valence-electron chi connectivity index (χ0n) is 18.6. The number of urea groups is 1. The molecule has 2 aromatic heterocycles. The second kappa shape index (κ2) is 9.95. The third kappa shape index (κ3) is 4.93. The Kier molecular flexibility index (Phi) is 6.63. The molecule has 0 aliphatic rings. The summed E-state index contributed by atoms with van der Waals surface area (Å²) in [4.78, 5) is 29.6. The SMILES string of the molecule is CCOC(=O)/C=N/NC(=O)N(C)c1cccc(-c2cnc3cc(-c4ccc(F)cc4)ccn23)c1. The van der Waals surface area contributed by atoms with Crippen LogP contribution in [0.4, 0.5) is 14.9 Å². The summed E-state index contributed by atoms with van der Waals surface area (Å²) < 4.78 is 19.9. The Balaban J connectivity index is 1.55. The normalized spacial score (nSPS) is 11.0. The highest BCUT2D eigenvalue weighted by Crippen LogP contribution is 2.27. The lowest BCUT2D eigenvalue weighted by molar-refractivity contribution is -0.134. The molecule has 4 aromatic rings. The molecule has 0 spiro atoms. The predicted octanol–water partition coefficient (Wildman–Crippen LogP) is 4.50. The minimum atomic E-state index is -0.636. The van der Waals surface area contributed by atoms with E-state index in [4.69, 9.17) is 4.74 Å². The average molecular weight is 459 g/mol. The summed E-state index contributed by atoms with van der Waals surface area (Å²) in [5.41, 5.74) is 7.18. The van der Waals surface area contributed by atoms with Crippen molar-refractivity contribution in [3.05, 3.63) is 78.9 Å². The molecule has 0 radical (unpaired) electrons. The van der Waals surface area contributed by atoms with Gasteiger partial charge in [-0.2, -0.15) is 5.10 Å². The standard InChI is InChI=1S/C25H22FN5O3/c1-3-34-24(32)16-28-29-25(33)30(2)21-6-4-5-19(13-21)22-15-27-23-14-18(11-12-31(22)23)17-7-9-20(26)10-8-17/h4-16H,3H2,1-2H3,(H,29,33)/b28-16+. The quantitative estimate of drug-likeness (QED) is 0.261. The molecule has 2 amide bonds. The summed E-state index contributed by atoms with van der Waals surface area (Å²) in [5, 5.41) is 3.61. The molecule has 0 aliphatic heterocycles. The van der Waals surface area contributed by atoms with Crippen molar-refractivity contribution in [2.45, 2.75) is 6.92 Å². The fourth-order valence-corrected chi connectivity index (χ4v) is 3.40. The first-order chi connectivity index (χ1) is 16.5. The molecule has 2 heterocycles. The Bertz CT molecular complexity index is 1360. The van der Waals surface area contributed by atoms with Crippen LogP contribution in [0.25, 0.3) is 28.0 Å². The Labute approximate surface area is 195 Å². The molecule has 0 saturated heterocycles. The highest BCUT2D eigenvalue weighted by atomic mass is 19.1. The average Bonchev–Trinajstić information content (AvgIpc) is 3.27. The molecule has 34 heavy (non-hydrogen) atoms. The molecular weight excluding hydrogens is 437 g/mol. The number of nitrogens with zero attached hydrogens (tertiary/aromatic N) is 4. The number of hydrogen-bond donors (Lipinski definition) is 1. The molecular formula is C25H22FN5O3. The zero-order valence-corrected chi connectivity index (χ0v) is 18.6. The topological polar surface area (TPSA) is 88.3 Å². The van der Waals surface area contributed by atoms with E-state index in [1.165, 1.54) is 17.0 Å². The van der Waals surface area contributed by atoms with Crippen LogP contribution in [0.1, 0.15) is 6.92 Å². The number of aromatic nitrogens is 2. The number of nitrogens with one attached hydrogen (secondary N) is 1. The number of benzene rings is 2. The number of amides is 2. The number of esters is 1. The molecule has 9 heteroatoms. The number of fused-ring (bicyclic) bond motifs is 1. The van der Waals surface area contributed by atoms with Crippen molar-refractivity contribution in [1.29, 1.82) is 0 Å². The minimum absolute atomic E-state index is 0.225. The van der Waals surface area contributed by atoms with Gasteiger partial charge in [-0.05, 0) is 54.4 Å². The molecule has 0 fully saturated rings. The molecule has 0 aliphatic carbocycles. The number of rotatable bonds is 6. The molecule has 172 valence electrons. The van der Waals surface area contributed by atoms with Crippen molar-refractivity contribution < 1.29 is 18.7 Å². The van der Waals surface area contributed by atoms with E-state index in [2.05, 4.69) is 15.5 Å². The van der Waals surface area contributed by atoms with Crippen molar-refractivity contribution in [2.24, 2.45) is 5.10 Å². The van der Waals surface area contributed by atoms with Crippen molar-refractivity contribution in [2.75, 3.05) is 18.6 Å². The molecule has 8 nitrogen and oxygen atoms in total. The Morgan fingerprint density at radius 3 is 2.68 bits per heavy atom. The van der Waals surface area contributed by atoms with E-state index in [9.17, 15) is 14.0 Å². The summed E-state index contributed by atoms with van der Waals surface area (Å²) in [6.07, 6.45) is 4.57. The van der Waals surface area contributed by atoms with E-state index in [-0.39, 0.29) is 12.4 Å². The number of hydrazone groups is 1. The van der Waals surface area contributed by atoms with Gasteiger partial charge in [0.2, 0.25) is 0 Å². The van der Waals surface area contributed by atoms with Gasteiger partial charge in [-0.25, -0.2) is 24.4 Å². The van der Waals surface area contributed by atoms with E-state index in [0.717, 1.165) is 34.2 Å². The summed E-state index contributed by atoms with van der Waals surface area (Å²) in [5.74, 6) is -0.917. The Morgan fingerprint density at radius 1 is 1.12 bits per heavy atom. The van der Waals surface area contributed by atoms with Crippen LogP contribution in [0.3, 0.4) is 0 Å². The largest absolute Gasteiger partial charge is 0.462 e. The predicted molar refractivity (Wildman–Crippen MR) is 128 cm³/mol. The zero-order chi connectivity index (χ0) is 24.1. The monoisotopic (exact) mass is 459 g/mol. The molecule has 0 bridgehead atoms. The Hall–Kier alpha value is -4.53. The van der Waals surface area contributed by atoms with Gasteiger partial charge >= 0.3 is 12.0 Å². The maximum atomic E-state index is 13.2. The number of pyridine rings is 1. The van der Waals surface area contributed by atoms with Crippen LogP contribution in [-0.4, -0.2) is 41.3 Å². The van der Waals surface area contributed by atoms with Gasteiger partial charge in [0.1, 0.15) is 17.7 Å². The summed E-state index contributed by atoms with van der Waals surface area (Å²) in [6.45, 7) is 1.90. The lowest BCUT2D eigenvalue weighted by Gasteiger charge is -2.17. The van der Waals surface area contributed by atoms with Crippen LogP contribution < -0.4 is 10.3 Å². The van der Waals surface area contributed by atoms with Crippen LogP contribution in [-0.2, 0) is 9.53 Å². The number of hydrogen-bond acceptors (Lipinski definition) is 5. The smallest absolute Gasteiger partial charge is 0.351 e. The van der Waals surface area contributed by atoms with Gasteiger partial charge < -0.3 is 4.74 Å². The number of ether oxygens (including phenoxy) is 1. The molecule has 4 rings (SSSR count). The summed E-state index contributed by atoms with van der Waals surface area (Å²) in [7, 11) is 1.60. The molecule has 2 aromatic carbocycles. The van der Waals surface area contributed by atoms with Gasteiger partial charge in [0.05, 0.1) is 18.5 Å². The van der Waals surface area contributed by atoms with E-state index < -0.39 is 12.0 Å². The van der Waals surface area contributed by atoms with Crippen LogP contribution in [0.5, 0.6) is 0 Å². The van der Waals surface area contributed by atoms with Gasteiger partial charge in [-0.15, -0.1) is 0 Å². The van der Waals surface area contributed by atoms with Gasteiger partial charge in [0, 0.05) is 24.5 Å². The number of carbonyl (C=O) groups excluding carboxylic acids is 2. The van der Waals surface area contributed by atoms with E-state index in [1.807, 2.05) is 40.9 Å². The van der Waals surface area contributed by atoms with E-state index in [1.54, 1.807) is 38.4 Å². The number of anilines is 1. The highest BCUT2D eigenvalue weighted by Gasteiger charge is 2.13. The molecule has 0 unspecified atom stereocenters. The Morgan fingerprint density at radius 2 is 1.91 bits per heavy atom. The van der Waals surface area contributed by atoms with Crippen molar-refractivity contribution in [3.63, 3.8) is 0 Å². The van der Waals surface area contributed by atoms with Crippen molar-refractivity contribution in [3.8, 4) is 22.4 Å². The molecule has 0 saturated carbocycles. The lowest BCUT2D eigenvalue weighted by atomic mass is 10.1. The second-order valence-corrected chi connectivity index (χ2v) is 7.33. The number of carbonyl (C=O) groups is 2. The molecule has 0 atom stereocenters. The first kappa shape index (κ1) is 22.7. The maximum absolute atomic E-state index is 13.2. The second-order valence-electron chi connectivity index (χ2n) is 7.33. The van der Waals surface area contributed by atoms with E-state index >= 15 is 0 Å². The highest BCUT2D eigenvalue weighted by molar-refractivity contribution is 6.23. The van der Waals surface area contributed by atoms with Crippen LogP contribution in [0, 0.1) is 5.82 Å².